The molecule has 26 heavy (non-hydrogen) atoms. The van der Waals surface area contributed by atoms with E-state index in [9.17, 15) is 4.79 Å². The number of anilines is 1. The lowest BCUT2D eigenvalue weighted by Gasteiger charge is -2.19. The van der Waals surface area contributed by atoms with Crippen molar-refractivity contribution in [2.45, 2.75) is 19.8 Å². The van der Waals surface area contributed by atoms with Gasteiger partial charge < -0.3 is 4.74 Å². The Morgan fingerprint density at radius 2 is 1.38 bits per heavy atom. The number of carbonyl (C=O) groups excluding carboxylic acids is 1. The van der Waals surface area contributed by atoms with Gasteiger partial charge in [-0.15, -0.1) is 0 Å². The van der Waals surface area contributed by atoms with E-state index in [1.165, 1.54) is 22.3 Å². The lowest BCUT2D eigenvalue weighted by atomic mass is 9.85. The average molecular weight is 345 g/mol. The Kier molecular flexibility index (Phi) is 5.69. The van der Waals surface area contributed by atoms with Crippen molar-refractivity contribution in [2.24, 2.45) is 0 Å². The van der Waals surface area contributed by atoms with E-state index in [1.807, 2.05) is 18.2 Å². The fourth-order valence-electron chi connectivity index (χ4n) is 3.03. The molecule has 1 amide bonds. The van der Waals surface area contributed by atoms with Crippen molar-refractivity contribution in [3.63, 3.8) is 0 Å². The van der Waals surface area contributed by atoms with Crippen LogP contribution in [0.2, 0.25) is 0 Å². The van der Waals surface area contributed by atoms with E-state index in [2.05, 4.69) is 72.9 Å². The number of carbonyl (C=O) groups is 1. The van der Waals surface area contributed by atoms with Crippen molar-refractivity contribution < 1.29 is 9.53 Å². The summed E-state index contributed by atoms with van der Waals surface area (Å²) in [5, 5.41) is 2.73. The summed E-state index contributed by atoms with van der Waals surface area (Å²) in [7, 11) is 0. The molecule has 1 unspecified atom stereocenters. The summed E-state index contributed by atoms with van der Waals surface area (Å²) in [6, 6.07) is 27.0. The third-order valence-corrected chi connectivity index (χ3v) is 4.31. The first kappa shape index (κ1) is 17.7. The van der Waals surface area contributed by atoms with Gasteiger partial charge in [0.2, 0.25) is 0 Å². The molecule has 0 aliphatic rings. The highest BCUT2D eigenvalue weighted by molar-refractivity contribution is 5.84. The van der Waals surface area contributed by atoms with Crippen molar-refractivity contribution >= 4 is 11.8 Å². The molecule has 3 aromatic rings. The van der Waals surface area contributed by atoms with E-state index < -0.39 is 6.09 Å². The van der Waals surface area contributed by atoms with Gasteiger partial charge in [0.15, 0.2) is 0 Å². The molecule has 1 atom stereocenters. The molecule has 0 aliphatic carbocycles. The largest absolute Gasteiger partial charge is 0.450 e. The van der Waals surface area contributed by atoms with Gasteiger partial charge in [-0.25, -0.2) is 4.79 Å². The summed E-state index contributed by atoms with van der Waals surface area (Å²) in [5.74, 6) is 0.147. The summed E-state index contributed by atoms with van der Waals surface area (Å²) in [6.07, 6.45) is -0.432. The maximum atomic E-state index is 11.6. The first-order valence-corrected chi connectivity index (χ1v) is 8.82. The lowest BCUT2D eigenvalue weighted by Crippen LogP contribution is -2.13. The van der Waals surface area contributed by atoms with Crippen LogP contribution in [0.15, 0.2) is 78.9 Å². The Balaban J connectivity index is 1.92. The number of hydrogen-bond acceptors (Lipinski definition) is 2. The van der Waals surface area contributed by atoms with Gasteiger partial charge in [0.1, 0.15) is 0 Å². The maximum absolute atomic E-state index is 11.6. The molecule has 1 N–H and O–H groups in total. The highest BCUT2D eigenvalue weighted by Gasteiger charge is 2.16. The van der Waals surface area contributed by atoms with Gasteiger partial charge in [-0.3, -0.25) is 5.32 Å². The van der Waals surface area contributed by atoms with E-state index >= 15 is 0 Å². The standard InChI is InChI=1S/C23H23NO2/c1-3-26-23(25)24-21-15-13-20(14-16-21)22(18-7-5-4-6-8-18)19-11-9-17(2)10-12-19/h4-16,22H,3H2,1-2H3,(H,24,25). The Bertz CT molecular complexity index is 840. The Labute approximate surface area is 154 Å². The molecule has 0 aliphatic heterocycles. The van der Waals surface area contributed by atoms with E-state index in [1.54, 1.807) is 6.92 Å². The summed E-state index contributed by atoms with van der Waals surface area (Å²) < 4.78 is 4.92. The van der Waals surface area contributed by atoms with Gasteiger partial charge in [-0.05, 0) is 42.7 Å². The molecule has 0 radical (unpaired) electrons. The SMILES string of the molecule is CCOC(=O)Nc1ccc(C(c2ccccc2)c2ccc(C)cc2)cc1. The number of hydrogen-bond donors (Lipinski definition) is 1. The van der Waals surface area contributed by atoms with Crippen molar-refractivity contribution in [3.05, 3.63) is 101 Å². The molecular formula is C23H23NO2. The molecule has 0 fully saturated rings. The summed E-state index contributed by atoms with van der Waals surface area (Å²) in [6.45, 7) is 4.24. The molecule has 3 rings (SSSR count). The zero-order chi connectivity index (χ0) is 18.4. The minimum absolute atomic E-state index is 0.147. The van der Waals surface area contributed by atoms with Crippen LogP contribution in [0.4, 0.5) is 10.5 Å². The van der Waals surface area contributed by atoms with Crippen LogP contribution in [0.3, 0.4) is 0 Å². The van der Waals surface area contributed by atoms with Gasteiger partial charge in [-0.1, -0.05) is 72.3 Å². The third-order valence-electron chi connectivity index (χ3n) is 4.31. The van der Waals surface area contributed by atoms with Crippen molar-refractivity contribution in [1.82, 2.24) is 0 Å². The quantitative estimate of drug-likeness (QED) is 0.599. The van der Waals surface area contributed by atoms with Crippen molar-refractivity contribution in [2.75, 3.05) is 11.9 Å². The Hall–Kier alpha value is -3.07. The topological polar surface area (TPSA) is 38.3 Å². The normalized spacial score (nSPS) is 11.6. The molecule has 132 valence electrons. The molecule has 0 bridgehead atoms. The smallest absolute Gasteiger partial charge is 0.411 e. The molecule has 0 saturated heterocycles. The maximum Gasteiger partial charge on any atom is 0.411 e. The molecule has 0 spiro atoms. The fourth-order valence-corrected chi connectivity index (χ4v) is 3.03. The second-order valence-electron chi connectivity index (χ2n) is 6.22. The summed E-state index contributed by atoms with van der Waals surface area (Å²) in [4.78, 5) is 11.6. The van der Waals surface area contributed by atoms with Crippen molar-refractivity contribution in [1.29, 1.82) is 0 Å². The number of amides is 1. The van der Waals surface area contributed by atoms with Gasteiger partial charge in [0.25, 0.3) is 0 Å². The van der Waals surface area contributed by atoms with Crippen molar-refractivity contribution in [3.8, 4) is 0 Å². The first-order chi connectivity index (χ1) is 12.7. The molecule has 3 aromatic carbocycles. The predicted octanol–water partition coefficient (Wildman–Crippen LogP) is 5.74. The van der Waals surface area contributed by atoms with E-state index in [0.29, 0.717) is 6.61 Å². The zero-order valence-electron chi connectivity index (χ0n) is 15.1. The lowest BCUT2D eigenvalue weighted by molar-refractivity contribution is 0.168. The number of rotatable bonds is 5. The van der Waals surface area contributed by atoms with E-state index in [0.717, 1.165) is 5.69 Å². The van der Waals surface area contributed by atoms with Crippen LogP contribution >= 0.6 is 0 Å². The summed E-state index contributed by atoms with van der Waals surface area (Å²) in [5.41, 5.74) is 5.63. The Morgan fingerprint density at radius 3 is 1.96 bits per heavy atom. The van der Waals surface area contributed by atoms with Gasteiger partial charge in [-0.2, -0.15) is 0 Å². The van der Waals surface area contributed by atoms with Gasteiger partial charge in [0, 0.05) is 11.6 Å². The van der Waals surface area contributed by atoms with Crippen LogP contribution in [-0.2, 0) is 4.74 Å². The van der Waals surface area contributed by atoms with Crippen LogP contribution in [0.1, 0.15) is 35.1 Å². The monoisotopic (exact) mass is 345 g/mol. The van der Waals surface area contributed by atoms with Crippen LogP contribution < -0.4 is 5.32 Å². The van der Waals surface area contributed by atoms with E-state index in [4.69, 9.17) is 4.74 Å². The van der Waals surface area contributed by atoms with Crippen LogP contribution in [-0.4, -0.2) is 12.7 Å². The second kappa shape index (κ2) is 8.34. The summed E-state index contributed by atoms with van der Waals surface area (Å²) >= 11 is 0. The van der Waals surface area contributed by atoms with Crippen LogP contribution in [0.5, 0.6) is 0 Å². The zero-order valence-corrected chi connectivity index (χ0v) is 15.1. The molecule has 3 nitrogen and oxygen atoms in total. The highest BCUT2D eigenvalue weighted by atomic mass is 16.5. The predicted molar refractivity (Wildman–Crippen MR) is 106 cm³/mol. The van der Waals surface area contributed by atoms with Gasteiger partial charge in [0.05, 0.1) is 6.61 Å². The molecular weight excluding hydrogens is 322 g/mol. The Morgan fingerprint density at radius 1 is 0.846 bits per heavy atom. The molecule has 3 heteroatoms. The van der Waals surface area contributed by atoms with E-state index in [-0.39, 0.29) is 5.92 Å². The number of aryl methyl sites for hydroxylation is 1. The highest BCUT2D eigenvalue weighted by Crippen LogP contribution is 2.32. The van der Waals surface area contributed by atoms with Crippen LogP contribution in [0, 0.1) is 6.92 Å². The molecule has 0 heterocycles. The molecule has 0 aromatic heterocycles. The minimum Gasteiger partial charge on any atom is -0.450 e. The average Bonchev–Trinajstić information content (AvgIpc) is 2.66. The number of nitrogens with one attached hydrogen (secondary N) is 1. The first-order valence-electron chi connectivity index (χ1n) is 8.82. The molecule has 0 saturated carbocycles. The second-order valence-corrected chi connectivity index (χ2v) is 6.22. The van der Waals surface area contributed by atoms with Crippen LogP contribution in [0.25, 0.3) is 0 Å². The fraction of sp³-hybridized carbons (Fsp3) is 0.174. The number of benzene rings is 3. The number of ether oxygens (including phenoxy) is 1. The third kappa shape index (κ3) is 4.31. The van der Waals surface area contributed by atoms with Gasteiger partial charge >= 0.3 is 6.09 Å². The minimum atomic E-state index is -0.432.